The Hall–Kier alpha value is -0.680. The van der Waals surface area contributed by atoms with E-state index in [0.29, 0.717) is 6.04 Å². The van der Waals surface area contributed by atoms with Crippen molar-refractivity contribution in [3.8, 4) is 0 Å². The van der Waals surface area contributed by atoms with Gasteiger partial charge in [0.2, 0.25) is 5.13 Å². The highest BCUT2D eigenvalue weighted by Gasteiger charge is 2.27. The number of hydrogen-bond donors (Lipinski definition) is 1. The highest BCUT2D eigenvalue weighted by molar-refractivity contribution is 7.09. The molecule has 0 unspecified atom stereocenters. The van der Waals surface area contributed by atoms with Gasteiger partial charge in [-0.05, 0) is 25.2 Å². The first-order valence-electron chi connectivity index (χ1n) is 5.98. The molecule has 1 aliphatic rings. The Kier molecular flexibility index (Phi) is 3.76. The van der Waals surface area contributed by atoms with Crippen LogP contribution in [0.4, 0.5) is 5.13 Å². The van der Waals surface area contributed by atoms with E-state index in [1.807, 2.05) is 0 Å². The molecular formula is C11H20N4S. The summed E-state index contributed by atoms with van der Waals surface area (Å²) in [7, 11) is 2.10. The molecule has 0 aliphatic heterocycles. The first-order valence-corrected chi connectivity index (χ1v) is 6.75. The van der Waals surface area contributed by atoms with Crippen molar-refractivity contribution in [2.45, 2.75) is 38.6 Å². The molecular weight excluding hydrogens is 220 g/mol. The van der Waals surface area contributed by atoms with Gasteiger partial charge in [-0.1, -0.05) is 6.92 Å². The second-order valence-corrected chi connectivity index (χ2v) is 5.45. The van der Waals surface area contributed by atoms with Gasteiger partial charge in [-0.25, -0.2) is 4.98 Å². The van der Waals surface area contributed by atoms with E-state index in [0.717, 1.165) is 49.1 Å². The lowest BCUT2D eigenvalue weighted by Gasteiger charge is -2.35. The number of nitrogens with two attached hydrogens (primary N) is 1. The minimum absolute atomic E-state index is 0.434. The Balaban J connectivity index is 1.85. The average molecular weight is 240 g/mol. The SMILES string of the molecule is CCCc1nsc(N(C)CC2CC(N)C2)n1. The first kappa shape index (κ1) is 11.8. The van der Waals surface area contributed by atoms with Crippen LogP contribution in [0.15, 0.2) is 0 Å². The van der Waals surface area contributed by atoms with Gasteiger partial charge in [0.25, 0.3) is 0 Å². The summed E-state index contributed by atoms with van der Waals surface area (Å²) < 4.78 is 4.36. The van der Waals surface area contributed by atoms with Crippen molar-refractivity contribution in [1.29, 1.82) is 0 Å². The van der Waals surface area contributed by atoms with Gasteiger partial charge in [-0.3, -0.25) is 0 Å². The zero-order valence-corrected chi connectivity index (χ0v) is 10.8. The molecule has 1 aromatic heterocycles. The quantitative estimate of drug-likeness (QED) is 0.850. The number of rotatable bonds is 5. The van der Waals surface area contributed by atoms with Gasteiger partial charge in [0.05, 0.1) is 0 Å². The standard InChI is InChI=1S/C11H20N4S/c1-3-4-10-13-11(16-14-10)15(2)7-8-5-9(12)6-8/h8-9H,3-7,12H2,1-2H3. The predicted molar refractivity (Wildman–Crippen MR) is 67.9 cm³/mol. The fourth-order valence-corrected chi connectivity index (χ4v) is 2.81. The molecule has 1 aromatic rings. The summed E-state index contributed by atoms with van der Waals surface area (Å²) in [5.41, 5.74) is 5.78. The van der Waals surface area contributed by atoms with Gasteiger partial charge in [-0.2, -0.15) is 4.37 Å². The smallest absolute Gasteiger partial charge is 0.204 e. The second-order valence-electron chi connectivity index (χ2n) is 4.72. The van der Waals surface area contributed by atoms with Crippen LogP contribution in [0.3, 0.4) is 0 Å². The number of nitrogens with zero attached hydrogens (tertiary/aromatic N) is 3. The summed E-state index contributed by atoms with van der Waals surface area (Å²) in [6, 6.07) is 0.434. The molecule has 0 aromatic carbocycles. The van der Waals surface area contributed by atoms with Crippen LogP contribution >= 0.6 is 11.5 Å². The zero-order chi connectivity index (χ0) is 11.5. The molecule has 1 aliphatic carbocycles. The van der Waals surface area contributed by atoms with Crippen molar-refractivity contribution in [2.75, 3.05) is 18.5 Å². The molecule has 0 saturated heterocycles. The van der Waals surface area contributed by atoms with Gasteiger partial charge < -0.3 is 10.6 Å². The first-order chi connectivity index (χ1) is 7.69. The second kappa shape index (κ2) is 5.10. The molecule has 90 valence electrons. The van der Waals surface area contributed by atoms with Gasteiger partial charge in [0.1, 0.15) is 5.82 Å². The fraction of sp³-hybridized carbons (Fsp3) is 0.818. The molecule has 1 heterocycles. The Morgan fingerprint density at radius 2 is 2.25 bits per heavy atom. The third-order valence-corrected chi connectivity index (χ3v) is 3.93. The molecule has 2 rings (SSSR count). The monoisotopic (exact) mass is 240 g/mol. The molecule has 0 amide bonds. The van der Waals surface area contributed by atoms with Crippen LogP contribution < -0.4 is 10.6 Å². The number of anilines is 1. The zero-order valence-electron chi connectivity index (χ0n) is 10.0. The van der Waals surface area contributed by atoms with E-state index in [2.05, 4.69) is 28.2 Å². The predicted octanol–water partition coefficient (Wildman–Crippen LogP) is 1.66. The van der Waals surface area contributed by atoms with Crippen LogP contribution in [0.2, 0.25) is 0 Å². The summed E-state index contributed by atoms with van der Waals surface area (Å²) in [5, 5.41) is 1.05. The normalized spacial score (nSPS) is 24.2. The largest absolute Gasteiger partial charge is 0.350 e. The van der Waals surface area contributed by atoms with E-state index in [9.17, 15) is 0 Å². The molecule has 4 nitrogen and oxygen atoms in total. The molecule has 1 saturated carbocycles. The summed E-state index contributed by atoms with van der Waals surface area (Å²) in [6.45, 7) is 3.22. The summed E-state index contributed by atoms with van der Waals surface area (Å²) in [4.78, 5) is 6.75. The highest BCUT2D eigenvalue weighted by atomic mass is 32.1. The van der Waals surface area contributed by atoms with Crippen LogP contribution in [-0.2, 0) is 6.42 Å². The van der Waals surface area contributed by atoms with Crippen LogP contribution in [-0.4, -0.2) is 29.0 Å². The van der Waals surface area contributed by atoms with E-state index in [1.165, 1.54) is 11.5 Å². The lowest BCUT2D eigenvalue weighted by atomic mass is 9.81. The van der Waals surface area contributed by atoms with E-state index < -0.39 is 0 Å². The Bertz CT molecular complexity index is 332. The van der Waals surface area contributed by atoms with Crippen LogP contribution in [0.25, 0.3) is 0 Å². The minimum Gasteiger partial charge on any atom is -0.350 e. The van der Waals surface area contributed by atoms with E-state index in [-0.39, 0.29) is 0 Å². The average Bonchev–Trinajstić information content (AvgIpc) is 2.64. The van der Waals surface area contributed by atoms with Crippen LogP contribution in [0.1, 0.15) is 32.0 Å². The molecule has 0 atom stereocenters. The van der Waals surface area contributed by atoms with Gasteiger partial charge >= 0.3 is 0 Å². The van der Waals surface area contributed by atoms with E-state index in [1.54, 1.807) is 0 Å². The third kappa shape index (κ3) is 2.71. The summed E-state index contributed by atoms with van der Waals surface area (Å²) in [6.07, 6.45) is 4.41. The van der Waals surface area contributed by atoms with Gasteiger partial charge in [0, 0.05) is 37.6 Å². The van der Waals surface area contributed by atoms with Crippen molar-refractivity contribution in [3.05, 3.63) is 5.82 Å². The fourth-order valence-electron chi connectivity index (χ4n) is 2.13. The maximum absolute atomic E-state index is 5.78. The van der Waals surface area contributed by atoms with E-state index >= 15 is 0 Å². The van der Waals surface area contributed by atoms with Crippen molar-refractivity contribution >= 4 is 16.7 Å². The summed E-state index contributed by atoms with van der Waals surface area (Å²) in [5.74, 6) is 1.73. The number of aromatic nitrogens is 2. The van der Waals surface area contributed by atoms with Crippen molar-refractivity contribution < 1.29 is 0 Å². The molecule has 0 bridgehead atoms. The number of aryl methyl sites for hydroxylation is 1. The van der Waals surface area contributed by atoms with Crippen LogP contribution in [0.5, 0.6) is 0 Å². The van der Waals surface area contributed by atoms with Gasteiger partial charge in [-0.15, -0.1) is 0 Å². The highest BCUT2D eigenvalue weighted by Crippen LogP contribution is 2.28. The van der Waals surface area contributed by atoms with E-state index in [4.69, 9.17) is 5.73 Å². The van der Waals surface area contributed by atoms with Crippen molar-refractivity contribution in [1.82, 2.24) is 9.36 Å². The Morgan fingerprint density at radius 1 is 1.50 bits per heavy atom. The van der Waals surface area contributed by atoms with Crippen molar-refractivity contribution in [2.24, 2.45) is 11.7 Å². The third-order valence-electron chi connectivity index (χ3n) is 3.06. The Labute approximate surface area is 101 Å². The molecule has 0 radical (unpaired) electrons. The topological polar surface area (TPSA) is 55.0 Å². The Morgan fingerprint density at radius 3 is 2.88 bits per heavy atom. The lowest BCUT2D eigenvalue weighted by Crippen LogP contribution is -2.41. The van der Waals surface area contributed by atoms with Crippen LogP contribution in [0, 0.1) is 5.92 Å². The molecule has 2 N–H and O–H groups in total. The maximum atomic E-state index is 5.78. The lowest BCUT2D eigenvalue weighted by molar-refractivity contribution is 0.271. The summed E-state index contributed by atoms with van der Waals surface area (Å²) >= 11 is 1.51. The molecule has 0 spiro atoms. The minimum atomic E-state index is 0.434. The number of hydrogen-bond acceptors (Lipinski definition) is 5. The molecule has 1 fully saturated rings. The van der Waals surface area contributed by atoms with Gasteiger partial charge in [0.15, 0.2) is 0 Å². The molecule has 16 heavy (non-hydrogen) atoms. The maximum Gasteiger partial charge on any atom is 0.204 e. The molecule has 5 heteroatoms. The van der Waals surface area contributed by atoms with Crippen molar-refractivity contribution in [3.63, 3.8) is 0 Å².